The van der Waals surface area contributed by atoms with E-state index in [1.807, 2.05) is 13.0 Å². The summed E-state index contributed by atoms with van der Waals surface area (Å²) in [5.41, 5.74) is 1.69. The number of ether oxygens (including phenoxy) is 1. The molecule has 0 heterocycles. The van der Waals surface area contributed by atoms with E-state index in [4.69, 9.17) is 4.74 Å². The van der Waals surface area contributed by atoms with Crippen molar-refractivity contribution in [3.8, 4) is 0 Å². The maximum atomic E-state index is 13.0. The summed E-state index contributed by atoms with van der Waals surface area (Å²) in [5.74, 6) is 0.309. The van der Waals surface area contributed by atoms with Crippen molar-refractivity contribution in [2.45, 2.75) is 24.9 Å². The third-order valence-corrected chi connectivity index (χ3v) is 5.40. The Balaban J connectivity index is 0.00000450. The molecule has 2 rings (SSSR count). The van der Waals surface area contributed by atoms with Gasteiger partial charge in [0.15, 0.2) is 5.96 Å². The van der Waals surface area contributed by atoms with Crippen LogP contribution < -0.4 is 15.4 Å². The molecular weight excluding hydrogens is 522 g/mol. The van der Waals surface area contributed by atoms with E-state index >= 15 is 0 Å². The van der Waals surface area contributed by atoms with Crippen molar-refractivity contribution in [2.75, 3.05) is 26.8 Å². The first-order valence-corrected chi connectivity index (χ1v) is 10.8. The fourth-order valence-electron chi connectivity index (χ4n) is 2.47. The van der Waals surface area contributed by atoms with Crippen LogP contribution in [-0.4, -0.2) is 41.2 Å². The highest BCUT2D eigenvalue weighted by molar-refractivity contribution is 14.0. The first-order chi connectivity index (χ1) is 13.9. The van der Waals surface area contributed by atoms with Gasteiger partial charge in [-0.1, -0.05) is 24.3 Å². The molecule has 0 fully saturated rings. The summed E-state index contributed by atoms with van der Waals surface area (Å²) in [4.78, 5) is 4.69. The lowest BCUT2D eigenvalue weighted by molar-refractivity contribution is 0.204. The van der Waals surface area contributed by atoms with Crippen LogP contribution in [-0.2, 0) is 27.8 Å². The molecule has 0 saturated carbocycles. The van der Waals surface area contributed by atoms with E-state index in [2.05, 4.69) is 20.3 Å². The fourth-order valence-corrected chi connectivity index (χ4v) is 3.56. The molecule has 0 spiro atoms. The summed E-state index contributed by atoms with van der Waals surface area (Å²) in [6.45, 7) is 3.93. The second-order valence-corrected chi connectivity index (χ2v) is 7.98. The molecule has 7 nitrogen and oxygen atoms in total. The molecule has 2 aromatic carbocycles. The third kappa shape index (κ3) is 8.94. The molecule has 3 N–H and O–H groups in total. The standard InChI is InChI=1S/C20H27FN4O3S.HI/c1-3-22-20(23-14-16-7-9-18(21)10-8-16)24-15-17-5-4-6-19(13-17)29(26,27)25-11-12-28-2;/h4-10,13,25H,3,11-12,14-15H2,1-2H3,(H2,22,23,24);1H. The Hall–Kier alpha value is -1.76. The molecule has 0 atom stereocenters. The molecule has 2 aromatic rings. The minimum atomic E-state index is -3.59. The Morgan fingerprint density at radius 1 is 1.10 bits per heavy atom. The van der Waals surface area contributed by atoms with Crippen molar-refractivity contribution in [1.29, 1.82) is 0 Å². The number of nitrogens with zero attached hydrogens (tertiary/aromatic N) is 1. The van der Waals surface area contributed by atoms with Crippen molar-refractivity contribution in [3.63, 3.8) is 0 Å². The van der Waals surface area contributed by atoms with Gasteiger partial charge < -0.3 is 15.4 Å². The van der Waals surface area contributed by atoms with Gasteiger partial charge in [-0.25, -0.2) is 22.5 Å². The van der Waals surface area contributed by atoms with Gasteiger partial charge in [0.25, 0.3) is 0 Å². The second kappa shape index (κ2) is 13.5. The number of benzene rings is 2. The number of rotatable bonds is 10. The van der Waals surface area contributed by atoms with E-state index in [0.29, 0.717) is 32.2 Å². The van der Waals surface area contributed by atoms with E-state index in [1.165, 1.54) is 19.2 Å². The molecule has 30 heavy (non-hydrogen) atoms. The van der Waals surface area contributed by atoms with Gasteiger partial charge in [0.1, 0.15) is 5.82 Å². The lowest BCUT2D eigenvalue weighted by Gasteiger charge is -2.12. The molecule has 10 heteroatoms. The van der Waals surface area contributed by atoms with Gasteiger partial charge in [0.05, 0.1) is 18.0 Å². The topological polar surface area (TPSA) is 91.8 Å². The second-order valence-electron chi connectivity index (χ2n) is 6.21. The summed E-state index contributed by atoms with van der Waals surface area (Å²) in [6, 6.07) is 12.9. The Bertz CT molecular complexity index is 909. The van der Waals surface area contributed by atoms with Crippen LogP contribution >= 0.6 is 24.0 Å². The van der Waals surface area contributed by atoms with Crippen molar-refractivity contribution in [1.82, 2.24) is 15.4 Å². The van der Waals surface area contributed by atoms with E-state index in [9.17, 15) is 12.8 Å². The Kier molecular flexibility index (Phi) is 11.8. The van der Waals surface area contributed by atoms with Crippen molar-refractivity contribution in [2.24, 2.45) is 4.99 Å². The van der Waals surface area contributed by atoms with Crippen molar-refractivity contribution < 1.29 is 17.5 Å². The number of nitrogens with one attached hydrogen (secondary N) is 3. The van der Waals surface area contributed by atoms with Gasteiger partial charge in [-0.15, -0.1) is 24.0 Å². The summed E-state index contributed by atoms with van der Waals surface area (Å²) in [6.07, 6.45) is 0. The predicted molar refractivity (Wildman–Crippen MR) is 127 cm³/mol. The van der Waals surface area contributed by atoms with Gasteiger partial charge >= 0.3 is 0 Å². The number of guanidine groups is 1. The smallest absolute Gasteiger partial charge is 0.240 e. The number of methoxy groups -OCH3 is 1. The molecule has 0 amide bonds. The van der Waals surface area contributed by atoms with Crippen LogP contribution in [0.1, 0.15) is 18.1 Å². The van der Waals surface area contributed by atoms with Crippen LogP contribution in [0.2, 0.25) is 0 Å². The van der Waals surface area contributed by atoms with Gasteiger partial charge in [-0.2, -0.15) is 0 Å². The SMILES string of the molecule is CCNC(=NCc1cccc(S(=O)(=O)NCCOC)c1)NCc1ccc(F)cc1.I. The summed E-state index contributed by atoms with van der Waals surface area (Å²) in [7, 11) is -2.08. The zero-order valence-corrected chi connectivity index (χ0v) is 20.2. The molecule has 166 valence electrons. The molecule has 0 aliphatic carbocycles. The minimum Gasteiger partial charge on any atom is -0.383 e. The van der Waals surface area contributed by atoms with Gasteiger partial charge in [0.2, 0.25) is 10.0 Å². The normalized spacial score (nSPS) is 11.6. The molecule has 0 aliphatic heterocycles. The fraction of sp³-hybridized carbons (Fsp3) is 0.350. The number of hydrogen-bond donors (Lipinski definition) is 3. The zero-order valence-electron chi connectivity index (χ0n) is 17.0. The highest BCUT2D eigenvalue weighted by Crippen LogP contribution is 2.12. The van der Waals surface area contributed by atoms with E-state index in [-0.39, 0.29) is 41.2 Å². The minimum absolute atomic E-state index is 0. The van der Waals surface area contributed by atoms with Crippen LogP contribution in [0.25, 0.3) is 0 Å². The van der Waals surface area contributed by atoms with Crippen LogP contribution in [0, 0.1) is 5.82 Å². The summed E-state index contributed by atoms with van der Waals surface area (Å²) >= 11 is 0. The van der Waals surface area contributed by atoms with E-state index in [1.54, 1.807) is 30.3 Å². The highest BCUT2D eigenvalue weighted by Gasteiger charge is 2.13. The Labute approximate surface area is 194 Å². The van der Waals surface area contributed by atoms with Gasteiger partial charge in [-0.3, -0.25) is 0 Å². The lowest BCUT2D eigenvalue weighted by atomic mass is 10.2. The quantitative estimate of drug-likeness (QED) is 0.183. The molecule has 0 bridgehead atoms. The molecule has 0 unspecified atom stereocenters. The van der Waals surface area contributed by atoms with Gasteiger partial charge in [-0.05, 0) is 42.3 Å². The number of sulfonamides is 1. The maximum absolute atomic E-state index is 13.0. The van der Waals surface area contributed by atoms with Crippen LogP contribution in [0.15, 0.2) is 58.4 Å². The third-order valence-electron chi connectivity index (χ3n) is 3.94. The zero-order chi connectivity index (χ0) is 21.1. The maximum Gasteiger partial charge on any atom is 0.240 e. The molecule has 0 saturated heterocycles. The summed E-state index contributed by atoms with van der Waals surface area (Å²) in [5, 5.41) is 6.31. The first kappa shape index (κ1) is 26.3. The molecule has 0 aliphatic rings. The Morgan fingerprint density at radius 3 is 2.50 bits per heavy atom. The first-order valence-electron chi connectivity index (χ1n) is 9.28. The largest absolute Gasteiger partial charge is 0.383 e. The predicted octanol–water partition coefficient (Wildman–Crippen LogP) is 2.62. The van der Waals surface area contributed by atoms with Crippen LogP contribution in [0.4, 0.5) is 4.39 Å². The van der Waals surface area contributed by atoms with Crippen LogP contribution in [0.3, 0.4) is 0 Å². The number of hydrogen-bond acceptors (Lipinski definition) is 4. The molecule has 0 radical (unpaired) electrons. The van der Waals surface area contributed by atoms with Crippen molar-refractivity contribution >= 4 is 40.0 Å². The molecular formula is C20H28FIN4O3S. The average molecular weight is 550 g/mol. The summed E-state index contributed by atoms with van der Waals surface area (Å²) < 4.78 is 45.0. The molecule has 0 aromatic heterocycles. The number of halogens is 2. The van der Waals surface area contributed by atoms with E-state index < -0.39 is 10.0 Å². The number of aliphatic imine (C=N–C) groups is 1. The Morgan fingerprint density at radius 2 is 1.83 bits per heavy atom. The van der Waals surface area contributed by atoms with Crippen LogP contribution in [0.5, 0.6) is 0 Å². The monoisotopic (exact) mass is 550 g/mol. The van der Waals surface area contributed by atoms with Gasteiger partial charge in [0, 0.05) is 26.7 Å². The highest BCUT2D eigenvalue weighted by atomic mass is 127. The van der Waals surface area contributed by atoms with Crippen molar-refractivity contribution in [3.05, 3.63) is 65.5 Å². The van der Waals surface area contributed by atoms with E-state index in [0.717, 1.165) is 11.1 Å². The average Bonchev–Trinajstić information content (AvgIpc) is 2.71. The lowest BCUT2D eigenvalue weighted by Crippen LogP contribution is -2.36.